The second kappa shape index (κ2) is 12.2. The van der Waals surface area contributed by atoms with Crippen molar-refractivity contribution in [1.82, 2.24) is 15.0 Å². The van der Waals surface area contributed by atoms with Crippen LogP contribution in [0.5, 0.6) is 0 Å². The second-order valence-electron chi connectivity index (χ2n) is 13.9. The van der Waals surface area contributed by atoms with Crippen molar-refractivity contribution >= 4 is 22.5 Å². The third kappa shape index (κ3) is 4.67. The highest BCUT2D eigenvalue weighted by atomic mass is 32.2. The van der Waals surface area contributed by atoms with Gasteiger partial charge in [-0.25, -0.2) is 15.0 Å². The molecule has 9 aromatic rings. The molecule has 4 heteroatoms. The Bertz CT molecular complexity index is 2800. The number of hydrogen-bond acceptors (Lipinski definition) is 4. The zero-order valence-electron chi connectivity index (χ0n) is 29.1. The zero-order chi connectivity index (χ0) is 35.6. The second-order valence-corrected chi connectivity index (χ2v) is 15.0. The number of fused-ring (bicyclic) bond motifs is 10. The van der Waals surface area contributed by atoms with Gasteiger partial charge in [0.05, 0.1) is 5.41 Å². The molecular formula is C50H31N3S. The summed E-state index contributed by atoms with van der Waals surface area (Å²) in [6.07, 6.45) is 0. The van der Waals surface area contributed by atoms with Crippen LogP contribution in [0, 0.1) is 0 Å². The summed E-state index contributed by atoms with van der Waals surface area (Å²) in [6.45, 7) is 0. The average Bonchev–Trinajstić information content (AvgIpc) is 3.54. The molecule has 0 bridgehead atoms. The third-order valence-corrected chi connectivity index (χ3v) is 12.2. The molecule has 8 aromatic carbocycles. The average molecular weight is 706 g/mol. The Morgan fingerprint density at radius 1 is 0.333 bits per heavy atom. The van der Waals surface area contributed by atoms with E-state index in [4.69, 9.17) is 15.0 Å². The molecule has 252 valence electrons. The van der Waals surface area contributed by atoms with Crippen molar-refractivity contribution in [3.05, 3.63) is 210 Å². The standard InChI is InChI=1S/C50H31N3S/c1-3-14-33(15-4-1)47-51-48(34-16-5-2-6-17-34)53-49(52-47)35-28-26-32(27-29-35)38-22-13-25-43-46(38)54-45-31-37-19-8-7-18-36(37)30-44(45)50(43)41-23-11-9-20-39(41)40-21-10-12-24-42(40)50/h1-31H. The Labute approximate surface area is 318 Å². The van der Waals surface area contributed by atoms with Gasteiger partial charge in [-0.05, 0) is 67.4 Å². The molecule has 0 N–H and O–H groups in total. The van der Waals surface area contributed by atoms with E-state index in [9.17, 15) is 0 Å². The molecule has 0 atom stereocenters. The summed E-state index contributed by atoms with van der Waals surface area (Å²) in [6, 6.07) is 67.5. The number of hydrogen-bond donors (Lipinski definition) is 0. The van der Waals surface area contributed by atoms with Gasteiger partial charge in [-0.3, -0.25) is 0 Å². The summed E-state index contributed by atoms with van der Waals surface area (Å²) >= 11 is 1.90. The van der Waals surface area contributed by atoms with E-state index in [1.54, 1.807) is 0 Å². The molecule has 0 saturated carbocycles. The van der Waals surface area contributed by atoms with E-state index in [1.165, 1.54) is 59.5 Å². The van der Waals surface area contributed by atoms with E-state index in [2.05, 4.69) is 127 Å². The maximum absolute atomic E-state index is 4.99. The normalized spacial score (nSPS) is 13.3. The fraction of sp³-hybridized carbons (Fsp3) is 0.0200. The Morgan fingerprint density at radius 2 is 0.778 bits per heavy atom. The molecule has 0 amide bonds. The van der Waals surface area contributed by atoms with E-state index >= 15 is 0 Å². The van der Waals surface area contributed by atoms with Crippen LogP contribution in [0.1, 0.15) is 22.3 Å². The Morgan fingerprint density at radius 3 is 1.37 bits per heavy atom. The quantitative estimate of drug-likeness (QED) is 0.183. The molecule has 1 aliphatic heterocycles. The third-order valence-electron chi connectivity index (χ3n) is 11.0. The van der Waals surface area contributed by atoms with Gasteiger partial charge in [0.1, 0.15) is 0 Å². The molecule has 0 fully saturated rings. The lowest BCUT2D eigenvalue weighted by atomic mass is 9.66. The molecule has 2 aliphatic rings. The Kier molecular flexibility index (Phi) is 7.01. The SMILES string of the molecule is c1ccc(-c2nc(-c3ccccc3)nc(-c3ccc(-c4cccc5c4Sc4cc6ccccc6cc4C54c5ccccc5-c5ccccc54)cc3)n2)cc1. The monoisotopic (exact) mass is 705 g/mol. The van der Waals surface area contributed by atoms with E-state index in [1.807, 2.05) is 72.4 Å². The number of benzene rings is 8. The Balaban J connectivity index is 1.09. The van der Waals surface area contributed by atoms with Gasteiger partial charge in [-0.15, -0.1) is 0 Å². The van der Waals surface area contributed by atoms with Crippen molar-refractivity contribution < 1.29 is 0 Å². The van der Waals surface area contributed by atoms with Gasteiger partial charge in [0.2, 0.25) is 0 Å². The lowest BCUT2D eigenvalue weighted by Gasteiger charge is -2.40. The van der Waals surface area contributed by atoms with Crippen LogP contribution in [0.4, 0.5) is 0 Å². The minimum Gasteiger partial charge on any atom is -0.208 e. The van der Waals surface area contributed by atoms with Crippen LogP contribution in [-0.4, -0.2) is 15.0 Å². The predicted molar refractivity (Wildman–Crippen MR) is 221 cm³/mol. The van der Waals surface area contributed by atoms with Crippen molar-refractivity contribution in [2.75, 3.05) is 0 Å². The predicted octanol–water partition coefficient (Wildman–Crippen LogP) is 12.5. The summed E-state index contributed by atoms with van der Waals surface area (Å²) in [5, 5.41) is 2.52. The van der Waals surface area contributed by atoms with Crippen molar-refractivity contribution in [2.45, 2.75) is 15.2 Å². The van der Waals surface area contributed by atoms with Crippen molar-refractivity contribution in [3.63, 3.8) is 0 Å². The molecule has 0 unspecified atom stereocenters. The summed E-state index contributed by atoms with van der Waals surface area (Å²) in [5.74, 6) is 1.97. The van der Waals surface area contributed by atoms with Crippen LogP contribution in [-0.2, 0) is 5.41 Å². The number of nitrogens with zero attached hydrogens (tertiary/aromatic N) is 3. The summed E-state index contributed by atoms with van der Waals surface area (Å²) in [5.41, 5.74) is 12.8. The van der Waals surface area contributed by atoms with Gasteiger partial charge in [0, 0.05) is 26.5 Å². The summed E-state index contributed by atoms with van der Waals surface area (Å²) in [7, 11) is 0. The Hall–Kier alpha value is -6.62. The molecule has 0 saturated heterocycles. The molecule has 1 spiro atoms. The van der Waals surface area contributed by atoms with E-state index in [0.717, 1.165) is 22.3 Å². The maximum Gasteiger partial charge on any atom is 0.164 e. The highest BCUT2D eigenvalue weighted by Gasteiger charge is 2.50. The van der Waals surface area contributed by atoms with Crippen LogP contribution in [0.15, 0.2) is 198 Å². The van der Waals surface area contributed by atoms with Gasteiger partial charge in [0.25, 0.3) is 0 Å². The molecule has 3 nitrogen and oxygen atoms in total. The van der Waals surface area contributed by atoms with Crippen LogP contribution in [0.3, 0.4) is 0 Å². The zero-order valence-corrected chi connectivity index (χ0v) is 30.0. The van der Waals surface area contributed by atoms with Gasteiger partial charge in [-0.2, -0.15) is 0 Å². The molecule has 54 heavy (non-hydrogen) atoms. The topological polar surface area (TPSA) is 38.7 Å². The van der Waals surface area contributed by atoms with E-state index in [-0.39, 0.29) is 0 Å². The molecular weight excluding hydrogens is 675 g/mol. The number of rotatable bonds is 4. The molecule has 11 rings (SSSR count). The smallest absolute Gasteiger partial charge is 0.164 e. The first-order valence-corrected chi connectivity index (χ1v) is 19.1. The molecule has 2 heterocycles. The van der Waals surface area contributed by atoms with Crippen molar-refractivity contribution in [1.29, 1.82) is 0 Å². The first-order valence-electron chi connectivity index (χ1n) is 18.3. The summed E-state index contributed by atoms with van der Waals surface area (Å²) in [4.78, 5) is 17.4. The van der Waals surface area contributed by atoms with Gasteiger partial charge >= 0.3 is 0 Å². The summed E-state index contributed by atoms with van der Waals surface area (Å²) < 4.78 is 0. The van der Waals surface area contributed by atoms with Crippen molar-refractivity contribution in [3.8, 4) is 56.4 Å². The largest absolute Gasteiger partial charge is 0.208 e. The minimum atomic E-state index is -0.449. The van der Waals surface area contributed by atoms with Crippen molar-refractivity contribution in [2.24, 2.45) is 0 Å². The van der Waals surface area contributed by atoms with Gasteiger partial charge in [-0.1, -0.05) is 188 Å². The molecule has 0 radical (unpaired) electrons. The fourth-order valence-electron chi connectivity index (χ4n) is 8.57. The van der Waals surface area contributed by atoms with E-state index < -0.39 is 5.41 Å². The van der Waals surface area contributed by atoms with Gasteiger partial charge in [0.15, 0.2) is 17.5 Å². The molecule has 1 aromatic heterocycles. The van der Waals surface area contributed by atoms with Crippen LogP contribution < -0.4 is 0 Å². The first-order chi connectivity index (χ1) is 26.8. The van der Waals surface area contributed by atoms with Crippen LogP contribution in [0.25, 0.3) is 67.2 Å². The van der Waals surface area contributed by atoms with E-state index in [0.29, 0.717) is 17.5 Å². The highest BCUT2D eigenvalue weighted by Crippen LogP contribution is 2.63. The van der Waals surface area contributed by atoms with Crippen LogP contribution >= 0.6 is 11.8 Å². The lowest BCUT2D eigenvalue weighted by Crippen LogP contribution is -2.32. The fourth-order valence-corrected chi connectivity index (χ4v) is 9.93. The number of aromatic nitrogens is 3. The maximum atomic E-state index is 4.99. The van der Waals surface area contributed by atoms with Gasteiger partial charge < -0.3 is 0 Å². The minimum absolute atomic E-state index is 0.449. The molecule has 1 aliphatic carbocycles. The highest BCUT2D eigenvalue weighted by molar-refractivity contribution is 7.99. The lowest BCUT2D eigenvalue weighted by molar-refractivity contribution is 0.725. The van der Waals surface area contributed by atoms with Crippen LogP contribution in [0.2, 0.25) is 0 Å². The first kappa shape index (κ1) is 31.0.